The van der Waals surface area contributed by atoms with E-state index in [1.54, 1.807) is 0 Å². The lowest BCUT2D eigenvalue weighted by molar-refractivity contribution is 0.184. The highest BCUT2D eigenvalue weighted by molar-refractivity contribution is 7.89. The lowest BCUT2D eigenvalue weighted by Gasteiger charge is -2.09. The maximum Gasteiger partial charge on any atom is 0.212 e. The van der Waals surface area contributed by atoms with Crippen LogP contribution >= 0.6 is 0 Å². The first-order valence-electron chi connectivity index (χ1n) is 6.40. The van der Waals surface area contributed by atoms with Crippen LogP contribution in [0, 0.1) is 5.92 Å². The summed E-state index contributed by atoms with van der Waals surface area (Å²) in [6.45, 7) is 5.58. The molecule has 1 unspecified atom stereocenters. The second kappa shape index (κ2) is 8.02. The van der Waals surface area contributed by atoms with E-state index in [0.717, 1.165) is 39.0 Å². The molecule has 0 aromatic carbocycles. The minimum absolute atomic E-state index is 0.161. The lowest BCUT2D eigenvalue weighted by Crippen LogP contribution is -2.33. The van der Waals surface area contributed by atoms with Gasteiger partial charge in [0.15, 0.2) is 0 Å². The Morgan fingerprint density at radius 2 is 2.12 bits per heavy atom. The minimum atomic E-state index is -3.11. The predicted octanol–water partition coefficient (Wildman–Crippen LogP) is 0.332. The first-order chi connectivity index (χ1) is 8.14. The molecule has 0 radical (unpaired) electrons. The molecule has 17 heavy (non-hydrogen) atoms. The van der Waals surface area contributed by atoms with Crippen LogP contribution in [0.1, 0.15) is 26.2 Å². The SMILES string of the molecule is CCCNCCS(=O)(=O)NCCC1CCOC1. The Hall–Kier alpha value is -0.170. The van der Waals surface area contributed by atoms with E-state index < -0.39 is 10.0 Å². The second-order valence-electron chi connectivity index (χ2n) is 4.48. The third-order valence-corrected chi connectivity index (χ3v) is 4.26. The molecule has 102 valence electrons. The normalized spacial score (nSPS) is 20.9. The Labute approximate surface area is 104 Å². The summed E-state index contributed by atoms with van der Waals surface area (Å²) in [7, 11) is -3.11. The second-order valence-corrected chi connectivity index (χ2v) is 6.41. The van der Waals surface area contributed by atoms with E-state index in [-0.39, 0.29) is 5.75 Å². The highest BCUT2D eigenvalue weighted by atomic mass is 32.2. The molecule has 0 bridgehead atoms. The molecular formula is C11H24N2O3S. The third kappa shape index (κ3) is 6.98. The van der Waals surface area contributed by atoms with E-state index >= 15 is 0 Å². The van der Waals surface area contributed by atoms with Crippen LogP contribution in [-0.2, 0) is 14.8 Å². The van der Waals surface area contributed by atoms with Gasteiger partial charge in [-0.2, -0.15) is 0 Å². The molecule has 1 atom stereocenters. The van der Waals surface area contributed by atoms with Crippen LogP contribution in [0.15, 0.2) is 0 Å². The van der Waals surface area contributed by atoms with E-state index in [0.29, 0.717) is 19.0 Å². The van der Waals surface area contributed by atoms with E-state index in [1.165, 1.54) is 0 Å². The average Bonchev–Trinajstić information content (AvgIpc) is 2.77. The number of rotatable bonds is 9. The van der Waals surface area contributed by atoms with Gasteiger partial charge in [0.2, 0.25) is 10.0 Å². The number of sulfonamides is 1. The van der Waals surface area contributed by atoms with Crippen LogP contribution in [0.2, 0.25) is 0 Å². The van der Waals surface area contributed by atoms with Gasteiger partial charge < -0.3 is 10.1 Å². The molecule has 1 fully saturated rings. The van der Waals surface area contributed by atoms with Crippen molar-refractivity contribution in [2.45, 2.75) is 26.2 Å². The highest BCUT2D eigenvalue weighted by Gasteiger charge is 2.16. The molecule has 0 aliphatic carbocycles. The number of hydrogen-bond donors (Lipinski definition) is 2. The van der Waals surface area contributed by atoms with E-state index in [4.69, 9.17) is 4.74 Å². The van der Waals surface area contributed by atoms with Gasteiger partial charge in [-0.15, -0.1) is 0 Å². The van der Waals surface area contributed by atoms with Gasteiger partial charge in [0, 0.05) is 26.3 Å². The van der Waals surface area contributed by atoms with Crippen molar-refractivity contribution < 1.29 is 13.2 Å². The summed E-state index contributed by atoms with van der Waals surface area (Å²) in [5.74, 6) is 0.685. The lowest BCUT2D eigenvalue weighted by atomic mass is 10.1. The van der Waals surface area contributed by atoms with Crippen LogP contribution in [0.3, 0.4) is 0 Å². The maximum absolute atomic E-state index is 11.6. The molecule has 1 heterocycles. The average molecular weight is 264 g/mol. The fourth-order valence-electron chi connectivity index (χ4n) is 1.81. The number of hydrogen-bond acceptors (Lipinski definition) is 4. The van der Waals surface area contributed by atoms with Crippen molar-refractivity contribution in [2.24, 2.45) is 5.92 Å². The standard InChI is InChI=1S/C11H24N2O3S/c1-2-5-12-7-9-17(14,15)13-6-3-11-4-8-16-10-11/h11-13H,2-10H2,1H3. The third-order valence-electron chi connectivity index (χ3n) is 2.87. The highest BCUT2D eigenvalue weighted by Crippen LogP contribution is 2.15. The number of ether oxygens (including phenoxy) is 1. The van der Waals surface area contributed by atoms with Crippen molar-refractivity contribution in [1.29, 1.82) is 0 Å². The Morgan fingerprint density at radius 3 is 2.76 bits per heavy atom. The monoisotopic (exact) mass is 264 g/mol. The molecule has 0 saturated carbocycles. The topological polar surface area (TPSA) is 67.4 Å². The predicted molar refractivity (Wildman–Crippen MR) is 68.5 cm³/mol. The molecular weight excluding hydrogens is 240 g/mol. The van der Waals surface area contributed by atoms with E-state index in [1.807, 2.05) is 0 Å². The largest absolute Gasteiger partial charge is 0.381 e. The van der Waals surface area contributed by atoms with Crippen LogP contribution in [0.25, 0.3) is 0 Å². The molecule has 0 aromatic rings. The van der Waals surface area contributed by atoms with E-state index in [9.17, 15) is 8.42 Å². The summed E-state index contributed by atoms with van der Waals surface area (Å²) >= 11 is 0. The first kappa shape index (κ1) is 14.9. The zero-order chi connectivity index (χ0) is 12.6. The molecule has 0 spiro atoms. The number of nitrogens with one attached hydrogen (secondary N) is 2. The zero-order valence-corrected chi connectivity index (χ0v) is 11.4. The Kier molecular flexibility index (Phi) is 7.03. The quantitative estimate of drug-likeness (QED) is 0.589. The van der Waals surface area contributed by atoms with Crippen molar-refractivity contribution in [3.63, 3.8) is 0 Å². The Morgan fingerprint density at radius 1 is 1.29 bits per heavy atom. The summed E-state index contributed by atoms with van der Waals surface area (Å²) in [4.78, 5) is 0. The van der Waals surface area contributed by atoms with Crippen LogP contribution in [0.4, 0.5) is 0 Å². The molecule has 1 rings (SSSR count). The summed E-state index contributed by atoms with van der Waals surface area (Å²) in [5.41, 5.74) is 0. The Balaban J connectivity index is 2.06. The fourth-order valence-corrected chi connectivity index (χ4v) is 2.80. The van der Waals surface area contributed by atoms with Gasteiger partial charge in [-0.3, -0.25) is 0 Å². The molecule has 5 nitrogen and oxygen atoms in total. The van der Waals surface area contributed by atoms with Gasteiger partial charge in [-0.05, 0) is 31.7 Å². The Bertz CT molecular complexity index is 287. The molecule has 0 amide bonds. The molecule has 1 saturated heterocycles. The van der Waals surface area contributed by atoms with Gasteiger partial charge >= 0.3 is 0 Å². The van der Waals surface area contributed by atoms with E-state index in [2.05, 4.69) is 17.0 Å². The molecule has 1 aliphatic heterocycles. The van der Waals surface area contributed by atoms with Crippen LogP contribution in [-0.4, -0.2) is 47.0 Å². The first-order valence-corrected chi connectivity index (χ1v) is 8.05. The van der Waals surface area contributed by atoms with Gasteiger partial charge in [-0.25, -0.2) is 13.1 Å². The van der Waals surface area contributed by atoms with Gasteiger partial charge in [0.1, 0.15) is 0 Å². The van der Waals surface area contributed by atoms with Crippen LogP contribution in [0.5, 0.6) is 0 Å². The maximum atomic E-state index is 11.6. The van der Waals surface area contributed by atoms with Crippen LogP contribution < -0.4 is 10.0 Å². The van der Waals surface area contributed by atoms with Gasteiger partial charge in [0.05, 0.1) is 5.75 Å². The van der Waals surface area contributed by atoms with Gasteiger partial charge in [0.25, 0.3) is 0 Å². The van der Waals surface area contributed by atoms with Gasteiger partial charge in [-0.1, -0.05) is 6.92 Å². The molecule has 1 aliphatic rings. The van der Waals surface area contributed by atoms with Crippen molar-refractivity contribution in [2.75, 3.05) is 38.6 Å². The van der Waals surface area contributed by atoms with Crippen molar-refractivity contribution in [3.8, 4) is 0 Å². The van der Waals surface area contributed by atoms with Crippen molar-refractivity contribution >= 4 is 10.0 Å². The summed E-state index contributed by atoms with van der Waals surface area (Å²) in [5, 5.41) is 3.08. The minimum Gasteiger partial charge on any atom is -0.381 e. The van der Waals surface area contributed by atoms with Crippen molar-refractivity contribution in [1.82, 2.24) is 10.0 Å². The summed E-state index contributed by atoms with van der Waals surface area (Å²) in [6, 6.07) is 0. The fraction of sp³-hybridized carbons (Fsp3) is 1.00. The summed E-state index contributed by atoms with van der Waals surface area (Å²) in [6.07, 6.45) is 2.95. The smallest absolute Gasteiger partial charge is 0.212 e. The zero-order valence-electron chi connectivity index (χ0n) is 10.6. The molecule has 2 N–H and O–H groups in total. The van der Waals surface area contributed by atoms with Crippen molar-refractivity contribution in [3.05, 3.63) is 0 Å². The summed E-state index contributed by atoms with van der Waals surface area (Å²) < 4.78 is 31.1. The molecule has 6 heteroatoms. The molecule has 0 aromatic heterocycles.